The van der Waals surface area contributed by atoms with E-state index in [0.717, 1.165) is 44.4 Å². The fourth-order valence-electron chi connectivity index (χ4n) is 3.23. The van der Waals surface area contributed by atoms with Gasteiger partial charge in [-0.15, -0.1) is 10.2 Å². The number of amides is 1. The van der Waals surface area contributed by atoms with Crippen molar-refractivity contribution >= 4 is 33.8 Å². The summed E-state index contributed by atoms with van der Waals surface area (Å²) >= 11 is 1.45. The summed E-state index contributed by atoms with van der Waals surface area (Å²) < 4.78 is 5.61. The summed E-state index contributed by atoms with van der Waals surface area (Å²) in [5.41, 5.74) is 5.47. The molecule has 0 saturated carbocycles. The zero-order valence-corrected chi connectivity index (χ0v) is 18.2. The summed E-state index contributed by atoms with van der Waals surface area (Å²) in [6.45, 7) is 3.48. The van der Waals surface area contributed by atoms with E-state index >= 15 is 0 Å². The number of rotatable bonds is 6. The molecule has 0 saturated heterocycles. The monoisotopic (exact) mass is 431 g/mol. The lowest BCUT2D eigenvalue weighted by Crippen LogP contribution is -2.06. The van der Waals surface area contributed by atoms with Crippen molar-refractivity contribution in [2.45, 2.75) is 13.8 Å². The van der Waals surface area contributed by atoms with E-state index in [1.807, 2.05) is 55.5 Å². The Labute approximate surface area is 184 Å². The molecule has 7 nitrogen and oxygen atoms in total. The minimum absolute atomic E-state index is 0.116. The van der Waals surface area contributed by atoms with Gasteiger partial charge in [0.2, 0.25) is 11.0 Å². The number of aryl methyl sites for hydroxylation is 1. The zero-order chi connectivity index (χ0) is 21.8. The number of pyridine rings is 1. The van der Waals surface area contributed by atoms with Crippen molar-refractivity contribution in [3.05, 3.63) is 66.5 Å². The van der Waals surface area contributed by atoms with Gasteiger partial charge in [0.05, 0.1) is 7.11 Å². The molecule has 8 heteroatoms. The van der Waals surface area contributed by atoms with Crippen LogP contribution in [0, 0.1) is 6.92 Å². The van der Waals surface area contributed by atoms with Crippen LogP contribution in [0.4, 0.5) is 16.5 Å². The van der Waals surface area contributed by atoms with E-state index in [0.29, 0.717) is 5.13 Å². The molecule has 4 aromatic rings. The number of nitrogens with one attached hydrogen (secondary N) is 2. The Morgan fingerprint density at radius 2 is 1.87 bits per heavy atom. The van der Waals surface area contributed by atoms with Gasteiger partial charge in [0, 0.05) is 41.8 Å². The number of anilines is 3. The maximum Gasteiger partial charge on any atom is 0.221 e. The first-order valence-electron chi connectivity index (χ1n) is 9.61. The summed E-state index contributed by atoms with van der Waals surface area (Å²) in [5.74, 6) is 0.641. The number of nitrogens with zero attached hydrogens (tertiary/aromatic N) is 3. The maximum absolute atomic E-state index is 11.4. The van der Waals surface area contributed by atoms with Gasteiger partial charge in [0.25, 0.3) is 0 Å². The highest BCUT2D eigenvalue weighted by atomic mass is 32.1. The first kappa shape index (κ1) is 20.5. The third-order valence-corrected chi connectivity index (χ3v) is 5.54. The Morgan fingerprint density at radius 3 is 2.61 bits per heavy atom. The lowest BCUT2D eigenvalue weighted by Gasteiger charge is -2.12. The predicted octanol–water partition coefficient (Wildman–Crippen LogP) is 5.29. The third-order valence-electron chi connectivity index (χ3n) is 4.67. The van der Waals surface area contributed by atoms with Gasteiger partial charge in [0.1, 0.15) is 10.8 Å². The summed E-state index contributed by atoms with van der Waals surface area (Å²) in [6.07, 6.45) is 3.51. The minimum atomic E-state index is -0.116. The number of carbonyl (C=O) groups excluding carboxylic acids is 1. The number of ether oxygens (including phenoxy) is 1. The molecule has 2 aromatic carbocycles. The van der Waals surface area contributed by atoms with Crippen LogP contribution >= 0.6 is 11.3 Å². The summed E-state index contributed by atoms with van der Waals surface area (Å²) in [7, 11) is 1.65. The van der Waals surface area contributed by atoms with Gasteiger partial charge in [-0.2, -0.15) is 0 Å². The molecule has 2 N–H and O–H groups in total. The fourth-order valence-corrected chi connectivity index (χ4v) is 4.02. The molecule has 0 spiro atoms. The predicted molar refractivity (Wildman–Crippen MR) is 124 cm³/mol. The topological polar surface area (TPSA) is 89.0 Å². The zero-order valence-electron chi connectivity index (χ0n) is 17.3. The van der Waals surface area contributed by atoms with Crippen LogP contribution in [0.3, 0.4) is 0 Å². The van der Waals surface area contributed by atoms with Crippen molar-refractivity contribution in [2.24, 2.45) is 0 Å². The van der Waals surface area contributed by atoms with Gasteiger partial charge in [-0.1, -0.05) is 29.5 Å². The second-order valence-corrected chi connectivity index (χ2v) is 7.84. The summed E-state index contributed by atoms with van der Waals surface area (Å²) in [5, 5.41) is 16.3. The molecule has 0 aliphatic rings. The highest BCUT2D eigenvalue weighted by Crippen LogP contribution is 2.41. The molecule has 0 bridgehead atoms. The number of carbonyl (C=O) groups is 1. The molecule has 0 radical (unpaired) electrons. The van der Waals surface area contributed by atoms with Crippen LogP contribution in [0.5, 0.6) is 5.75 Å². The number of hydrogen-bond acceptors (Lipinski definition) is 7. The van der Waals surface area contributed by atoms with Crippen LogP contribution in [0.25, 0.3) is 21.7 Å². The largest absolute Gasteiger partial charge is 0.496 e. The molecular formula is C23H21N5O2S. The SMILES string of the molecule is COc1cccc(-c2nnc(Nc3cc(NC(C)=O)ccc3C)s2)c1-c1ccncc1. The average Bonchev–Trinajstić information content (AvgIpc) is 3.24. The first-order valence-corrected chi connectivity index (χ1v) is 10.4. The Morgan fingerprint density at radius 1 is 1.06 bits per heavy atom. The van der Waals surface area contributed by atoms with E-state index in [-0.39, 0.29) is 5.91 Å². The van der Waals surface area contributed by atoms with Crippen LogP contribution in [0.2, 0.25) is 0 Å². The Kier molecular flexibility index (Phi) is 5.90. The minimum Gasteiger partial charge on any atom is -0.496 e. The summed E-state index contributed by atoms with van der Waals surface area (Å²) in [6, 6.07) is 15.4. The molecule has 0 unspecified atom stereocenters. The normalized spacial score (nSPS) is 10.5. The standard InChI is InChI=1S/C23H21N5O2S/c1-14-7-8-17(25-15(2)29)13-19(14)26-23-28-27-22(31-23)18-5-4-6-20(30-3)21(18)16-9-11-24-12-10-16/h4-13H,1-3H3,(H,25,29)(H,26,28). The molecule has 4 rings (SSSR count). The molecule has 31 heavy (non-hydrogen) atoms. The van der Waals surface area contributed by atoms with Crippen molar-refractivity contribution in [3.63, 3.8) is 0 Å². The van der Waals surface area contributed by atoms with Crippen molar-refractivity contribution in [1.82, 2.24) is 15.2 Å². The average molecular weight is 432 g/mol. The van der Waals surface area contributed by atoms with Crippen molar-refractivity contribution in [2.75, 3.05) is 17.7 Å². The van der Waals surface area contributed by atoms with E-state index in [4.69, 9.17) is 4.74 Å². The van der Waals surface area contributed by atoms with Gasteiger partial charge in [0.15, 0.2) is 0 Å². The molecule has 0 fully saturated rings. The van der Waals surface area contributed by atoms with Crippen LogP contribution in [-0.4, -0.2) is 28.2 Å². The van der Waals surface area contributed by atoms with Gasteiger partial charge < -0.3 is 15.4 Å². The number of methoxy groups -OCH3 is 1. The van der Waals surface area contributed by atoms with Crippen molar-refractivity contribution in [3.8, 4) is 27.4 Å². The van der Waals surface area contributed by atoms with Crippen LogP contribution in [-0.2, 0) is 4.79 Å². The van der Waals surface area contributed by atoms with Gasteiger partial charge in [-0.25, -0.2) is 0 Å². The molecule has 2 aromatic heterocycles. The molecule has 0 aliphatic heterocycles. The molecule has 2 heterocycles. The smallest absolute Gasteiger partial charge is 0.221 e. The third kappa shape index (κ3) is 4.54. The highest BCUT2D eigenvalue weighted by Gasteiger charge is 2.17. The Bertz CT molecular complexity index is 1220. The van der Waals surface area contributed by atoms with Gasteiger partial charge in [-0.05, 0) is 48.4 Å². The lowest BCUT2D eigenvalue weighted by atomic mass is 10.00. The molecular weight excluding hydrogens is 410 g/mol. The van der Waals surface area contributed by atoms with Gasteiger partial charge >= 0.3 is 0 Å². The summed E-state index contributed by atoms with van der Waals surface area (Å²) in [4.78, 5) is 15.5. The molecule has 0 atom stereocenters. The quantitative estimate of drug-likeness (QED) is 0.431. The van der Waals surface area contributed by atoms with Crippen LogP contribution in [0.15, 0.2) is 60.9 Å². The van der Waals surface area contributed by atoms with E-state index in [1.54, 1.807) is 19.5 Å². The van der Waals surface area contributed by atoms with E-state index in [1.165, 1.54) is 18.3 Å². The van der Waals surface area contributed by atoms with Crippen LogP contribution in [0.1, 0.15) is 12.5 Å². The van der Waals surface area contributed by atoms with Crippen molar-refractivity contribution < 1.29 is 9.53 Å². The van der Waals surface area contributed by atoms with E-state index in [9.17, 15) is 4.79 Å². The van der Waals surface area contributed by atoms with E-state index in [2.05, 4.69) is 25.8 Å². The van der Waals surface area contributed by atoms with Gasteiger partial charge in [-0.3, -0.25) is 9.78 Å². The molecule has 156 valence electrons. The number of aromatic nitrogens is 3. The number of benzene rings is 2. The Balaban J connectivity index is 1.69. The molecule has 0 aliphatic carbocycles. The Hall–Kier alpha value is -3.78. The van der Waals surface area contributed by atoms with E-state index < -0.39 is 0 Å². The molecule has 1 amide bonds. The maximum atomic E-state index is 11.4. The first-order chi connectivity index (χ1) is 15.0. The fraction of sp³-hybridized carbons (Fsp3) is 0.130. The second-order valence-electron chi connectivity index (χ2n) is 6.87. The van der Waals surface area contributed by atoms with Crippen molar-refractivity contribution in [1.29, 1.82) is 0 Å². The second kappa shape index (κ2) is 8.93. The lowest BCUT2D eigenvalue weighted by molar-refractivity contribution is -0.114. The number of hydrogen-bond donors (Lipinski definition) is 2. The highest BCUT2D eigenvalue weighted by molar-refractivity contribution is 7.18. The van der Waals surface area contributed by atoms with Crippen LogP contribution < -0.4 is 15.4 Å².